The van der Waals surface area contributed by atoms with E-state index in [1.807, 2.05) is 0 Å². The fraction of sp³-hybridized carbons (Fsp3) is 0.556. The lowest BCUT2D eigenvalue weighted by molar-refractivity contribution is -0.185. The summed E-state index contributed by atoms with van der Waals surface area (Å²) >= 11 is 0. The minimum absolute atomic E-state index is 0.00368. The molecule has 12 heteroatoms. The second-order valence-electron chi connectivity index (χ2n) is 7.85. The third kappa shape index (κ3) is 4.86. The van der Waals surface area contributed by atoms with Gasteiger partial charge in [0.1, 0.15) is 17.5 Å². The van der Waals surface area contributed by atoms with Crippen molar-refractivity contribution in [2.75, 3.05) is 0 Å². The summed E-state index contributed by atoms with van der Waals surface area (Å²) in [7, 11) is -5.97. The van der Waals surface area contributed by atoms with E-state index in [-0.39, 0.29) is 30.4 Å². The lowest BCUT2D eigenvalue weighted by atomic mass is 9.89. The van der Waals surface area contributed by atoms with Gasteiger partial charge in [-0.25, -0.2) is 4.79 Å². The van der Waals surface area contributed by atoms with E-state index < -0.39 is 50.2 Å². The SMILES string of the molecule is CC(C)(C)OC(=O)[C@@](C)(O)[C@H]1CCc2c(ccc(OS(=O)(=O)C(F)(F)F)c2C=O)O1. The zero-order chi connectivity index (χ0) is 23.1. The van der Waals surface area contributed by atoms with Crippen LogP contribution in [0, 0.1) is 0 Å². The molecule has 0 saturated carbocycles. The highest BCUT2D eigenvalue weighted by atomic mass is 32.2. The number of alkyl halides is 3. The number of halogens is 3. The number of hydrogen-bond donors (Lipinski definition) is 1. The molecule has 0 aromatic heterocycles. The second-order valence-corrected chi connectivity index (χ2v) is 9.39. The highest BCUT2D eigenvalue weighted by molar-refractivity contribution is 7.88. The first-order valence-corrected chi connectivity index (χ1v) is 10.1. The van der Waals surface area contributed by atoms with Crippen molar-refractivity contribution in [3.63, 3.8) is 0 Å². The van der Waals surface area contributed by atoms with Crippen molar-refractivity contribution in [1.29, 1.82) is 0 Å². The van der Waals surface area contributed by atoms with Crippen LogP contribution in [0.25, 0.3) is 0 Å². The van der Waals surface area contributed by atoms with Crippen LogP contribution in [-0.4, -0.2) is 48.6 Å². The molecule has 1 aromatic rings. The molecule has 30 heavy (non-hydrogen) atoms. The van der Waals surface area contributed by atoms with E-state index in [9.17, 15) is 36.3 Å². The summed E-state index contributed by atoms with van der Waals surface area (Å²) in [6.45, 7) is 6.05. The van der Waals surface area contributed by atoms with Crippen LogP contribution in [0.3, 0.4) is 0 Å². The number of benzene rings is 1. The Hall–Kier alpha value is -2.34. The number of hydrogen-bond acceptors (Lipinski definition) is 8. The minimum atomic E-state index is -5.97. The Kier molecular flexibility index (Phi) is 6.17. The first kappa shape index (κ1) is 23.9. The van der Waals surface area contributed by atoms with Crippen molar-refractivity contribution < 1.29 is 49.9 Å². The topological polar surface area (TPSA) is 116 Å². The Bertz CT molecular complexity index is 945. The van der Waals surface area contributed by atoms with E-state index in [0.29, 0.717) is 0 Å². The Labute approximate surface area is 171 Å². The van der Waals surface area contributed by atoms with Gasteiger partial charge in [0, 0.05) is 5.56 Å². The van der Waals surface area contributed by atoms with Gasteiger partial charge in [-0.15, -0.1) is 0 Å². The van der Waals surface area contributed by atoms with Crippen LogP contribution in [0.15, 0.2) is 12.1 Å². The smallest absolute Gasteiger partial charge is 0.486 e. The molecule has 0 spiro atoms. The van der Waals surface area contributed by atoms with Crippen LogP contribution < -0.4 is 8.92 Å². The predicted molar refractivity (Wildman–Crippen MR) is 96.6 cm³/mol. The second kappa shape index (κ2) is 7.73. The van der Waals surface area contributed by atoms with Gasteiger partial charge in [0.2, 0.25) is 0 Å². The zero-order valence-electron chi connectivity index (χ0n) is 16.6. The molecule has 0 radical (unpaired) electrons. The highest BCUT2D eigenvalue weighted by Crippen LogP contribution is 2.39. The standard InChI is InChI=1S/C18H21F3O8S/c1-16(2,3)28-15(23)17(4,24)14-8-5-10-11(9-22)13(7-6-12(10)27-14)29-30(25,26)18(19,20)21/h6-7,9,14,24H,5,8H2,1-4H3/t14-,17+/m1/s1. The van der Waals surface area contributed by atoms with Gasteiger partial charge in [-0.05, 0) is 52.7 Å². The number of ether oxygens (including phenoxy) is 2. The Morgan fingerprint density at radius 1 is 1.23 bits per heavy atom. The van der Waals surface area contributed by atoms with Gasteiger partial charge in [-0.3, -0.25) is 4.79 Å². The van der Waals surface area contributed by atoms with Crippen molar-refractivity contribution in [2.24, 2.45) is 0 Å². The van der Waals surface area contributed by atoms with E-state index in [0.717, 1.165) is 12.1 Å². The number of carbonyl (C=O) groups is 2. The maximum absolute atomic E-state index is 12.6. The van der Waals surface area contributed by atoms with Crippen LogP contribution in [0.2, 0.25) is 0 Å². The monoisotopic (exact) mass is 454 g/mol. The third-order valence-corrected chi connectivity index (χ3v) is 5.21. The molecule has 1 aliphatic rings. The predicted octanol–water partition coefficient (Wildman–Crippen LogP) is 2.51. The summed E-state index contributed by atoms with van der Waals surface area (Å²) in [5.74, 6) is -1.74. The van der Waals surface area contributed by atoms with Gasteiger partial charge in [0.15, 0.2) is 17.6 Å². The highest BCUT2D eigenvalue weighted by Gasteiger charge is 2.49. The van der Waals surface area contributed by atoms with Gasteiger partial charge in [-0.1, -0.05) is 0 Å². The van der Waals surface area contributed by atoms with E-state index in [1.54, 1.807) is 20.8 Å². The maximum atomic E-state index is 12.6. The van der Waals surface area contributed by atoms with E-state index in [2.05, 4.69) is 4.18 Å². The van der Waals surface area contributed by atoms with Crippen LogP contribution in [0.4, 0.5) is 13.2 Å². The molecule has 168 valence electrons. The molecule has 1 N–H and O–H groups in total. The normalized spacial score (nSPS) is 19.1. The molecule has 8 nitrogen and oxygen atoms in total. The van der Waals surface area contributed by atoms with Crippen molar-refractivity contribution in [3.8, 4) is 11.5 Å². The van der Waals surface area contributed by atoms with Gasteiger partial charge in [0.05, 0.1) is 5.56 Å². The van der Waals surface area contributed by atoms with Crippen LogP contribution in [-0.2, 0) is 26.1 Å². The number of rotatable bonds is 5. The summed E-state index contributed by atoms with van der Waals surface area (Å²) in [6, 6.07) is 1.93. The first-order valence-electron chi connectivity index (χ1n) is 8.74. The maximum Gasteiger partial charge on any atom is 0.534 e. The zero-order valence-corrected chi connectivity index (χ0v) is 17.4. The number of carbonyl (C=O) groups excluding carboxylic acids is 2. The summed E-state index contributed by atoms with van der Waals surface area (Å²) < 4.78 is 75.1. The number of aliphatic hydroxyl groups is 1. The average molecular weight is 454 g/mol. The molecule has 1 aromatic carbocycles. The van der Waals surface area contributed by atoms with Crippen molar-refractivity contribution in [2.45, 2.75) is 63.4 Å². The van der Waals surface area contributed by atoms with E-state index in [1.165, 1.54) is 6.92 Å². The molecule has 0 saturated heterocycles. The van der Waals surface area contributed by atoms with Crippen LogP contribution in [0.1, 0.15) is 50.0 Å². The fourth-order valence-electron chi connectivity index (χ4n) is 2.76. The fourth-order valence-corrected chi connectivity index (χ4v) is 3.23. The molecular formula is C18H21F3O8S. The first-order chi connectivity index (χ1) is 13.5. The third-order valence-electron chi connectivity index (χ3n) is 4.24. The molecular weight excluding hydrogens is 433 g/mol. The molecule has 0 fully saturated rings. The Morgan fingerprint density at radius 2 is 1.83 bits per heavy atom. The van der Waals surface area contributed by atoms with Gasteiger partial charge < -0.3 is 18.8 Å². The van der Waals surface area contributed by atoms with Crippen molar-refractivity contribution in [1.82, 2.24) is 0 Å². The summed E-state index contributed by atoms with van der Waals surface area (Å²) in [5.41, 5.74) is -8.93. The summed E-state index contributed by atoms with van der Waals surface area (Å²) in [4.78, 5) is 23.8. The number of aldehydes is 1. The molecule has 0 amide bonds. The summed E-state index contributed by atoms with van der Waals surface area (Å²) in [6.07, 6.45) is -0.938. The molecule has 1 heterocycles. The lowest BCUT2D eigenvalue weighted by Crippen LogP contribution is -2.53. The Balaban J connectivity index is 2.34. The number of fused-ring (bicyclic) bond motifs is 1. The summed E-state index contributed by atoms with van der Waals surface area (Å²) in [5, 5.41) is 10.6. The van der Waals surface area contributed by atoms with E-state index >= 15 is 0 Å². The quantitative estimate of drug-likeness (QED) is 0.312. The van der Waals surface area contributed by atoms with Crippen LogP contribution in [0.5, 0.6) is 11.5 Å². The Morgan fingerprint density at radius 3 is 2.33 bits per heavy atom. The number of esters is 1. The van der Waals surface area contributed by atoms with Crippen molar-refractivity contribution in [3.05, 3.63) is 23.3 Å². The minimum Gasteiger partial charge on any atom is -0.486 e. The molecule has 2 atom stereocenters. The molecule has 2 rings (SSSR count). The van der Waals surface area contributed by atoms with E-state index in [4.69, 9.17) is 9.47 Å². The van der Waals surface area contributed by atoms with Gasteiger partial charge in [-0.2, -0.15) is 21.6 Å². The van der Waals surface area contributed by atoms with Crippen molar-refractivity contribution >= 4 is 22.4 Å². The average Bonchev–Trinajstić information content (AvgIpc) is 2.58. The van der Waals surface area contributed by atoms with Gasteiger partial charge >= 0.3 is 21.6 Å². The molecule has 0 bridgehead atoms. The largest absolute Gasteiger partial charge is 0.534 e. The lowest BCUT2D eigenvalue weighted by Gasteiger charge is -2.36. The van der Waals surface area contributed by atoms with Gasteiger partial charge in [0.25, 0.3) is 0 Å². The molecule has 0 aliphatic carbocycles. The molecule has 0 unspecified atom stereocenters. The van der Waals surface area contributed by atoms with Crippen LogP contribution >= 0.6 is 0 Å². The molecule has 1 aliphatic heterocycles.